The first-order valence-corrected chi connectivity index (χ1v) is 6.34. The molecule has 0 saturated carbocycles. The fourth-order valence-corrected chi connectivity index (χ4v) is 2.46. The van der Waals surface area contributed by atoms with Gasteiger partial charge in [0.25, 0.3) is 5.89 Å². The van der Waals surface area contributed by atoms with Gasteiger partial charge in [0.2, 0.25) is 5.82 Å². The molecule has 0 aliphatic carbocycles. The number of hydrogen-bond donors (Lipinski definition) is 1. The number of aryl methyl sites for hydroxylation is 1. The largest absolute Gasteiger partial charge is 0.508 e. The molecule has 4 nitrogen and oxygen atoms in total. The Morgan fingerprint density at radius 1 is 1.17 bits per heavy atom. The van der Waals surface area contributed by atoms with E-state index in [-0.39, 0.29) is 5.75 Å². The van der Waals surface area contributed by atoms with E-state index in [0.717, 1.165) is 16.7 Å². The van der Waals surface area contributed by atoms with Crippen molar-refractivity contribution in [3.63, 3.8) is 0 Å². The van der Waals surface area contributed by atoms with Crippen molar-refractivity contribution in [2.45, 2.75) is 6.92 Å². The van der Waals surface area contributed by atoms with Crippen molar-refractivity contribution < 1.29 is 9.63 Å². The van der Waals surface area contributed by atoms with Crippen LogP contribution in [0.25, 0.3) is 22.8 Å². The van der Waals surface area contributed by atoms with Crippen molar-refractivity contribution in [2.24, 2.45) is 0 Å². The number of aromatic nitrogens is 2. The Morgan fingerprint density at radius 3 is 2.61 bits per heavy atom. The SMILES string of the molecule is Cc1cscc1-c1nc(-c2ccc(O)cc2)no1. The van der Waals surface area contributed by atoms with Crippen molar-refractivity contribution in [2.75, 3.05) is 0 Å². The van der Waals surface area contributed by atoms with Gasteiger partial charge >= 0.3 is 0 Å². The lowest BCUT2D eigenvalue weighted by Gasteiger charge is -1.93. The first-order valence-electron chi connectivity index (χ1n) is 5.40. The Balaban J connectivity index is 1.99. The van der Waals surface area contributed by atoms with Crippen molar-refractivity contribution in [3.8, 4) is 28.6 Å². The van der Waals surface area contributed by atoms with Crippen molar-refractivity contribution in [3.05, 3.63) is 40.6 Å². The van der Waals surface area contributed by atoms with E-state index in [9.17, 15) is 5.11 Å². The van der Waals surface area contributed by atoms with Gasteiger partial charge in [0.05, 0.1) is 5.56 Å². The van der Waals surface area contributed by atoms with Crippen molar-refractivity contribution >= 4 is 11.3 Å². The van der Waals surface area contributed by atoms with Gasteiger partial charge in [-0.1, -0.05) is 5.16 Å². The smallest absolute Gasteiger partial charge is 0.259 e. The summed E-state index contributed by atoms with van der Waals surface area (Å²) in [4.78, 5) is 4.36. The molecule has 0 spiro atoms. The summed E-state index contributed by atoms with van der Waals surface area (Å²) in [7, 11) is 0. The van der Waals surface area contributed by atoms with Crippen LogP contribution in [0.3, 0.4) is 0 Å². The topological polar surface area (TPSA) is 59.2 Å². The summed E-state index contributed by atoms with van der Waals surface area (Å²) in [6, 6.07) is 6.71. The van der Waals surface area contributed by atoms with E-state index in [1.165, 1.54) is 0 Å². The number of phenols is 1. The number of benzene rings is 1. The molecule has 1 aromatic carbocycles. The van der Waals surface area contributed by atoms with Crippen LogP contribution < -0.4 is 0 Å². The fourth-order valence-electron chi connectivity index (χ4n) is 1.64. The molecule has 18 heavy (non-hydrogen) atoms. The zero-order chi connectivity index (χ0) is 12.5. The summed E-state index contributed by atoms with van der Waals surface area (Å²) in [5, 5.41) is 17.2. The fraction of sp³-hybridized carbons (Fsp3) is 0.0769. The minimum Gasteiger partial charge on any atom is -0.508 e. The van der Waals surface area contributed by atoms with Gasteiger partial charge in [0, 0.05) is 10.9 Å². The van der Waals surface area contributed by atoms with Gasteiger partial charge in [-0.2, -0.15) is 16.3 Å². The van der Waals surface area contributed by atoms with E-state index in [1.807, 2.05) is 17.7 Å². The maximum atomic E-state index is 9.23. The normalized spacial score (nSPS) is 10.7. The summed E-state index contributed by atoms with van der Waals surface area (Å²) in [6.45, 7) is 2.01. The highest BCUT2D eigenvalue weighted by Gasteiger charge is 2.12. The first-order chi connectivity index (χ1) is 8.74. The highest BCUT2D eigenvalue weighted by atomic mass is 32.1. The molecule has 2 aromatic heterocycles. The van der Waals surface area contributed by atoms with Gasteiger partial charge in [-0.05, 0) is 42.1 Å². The number of thiophene rings is 1. The molecular weight excluding hydrogens is 248 g/mol. The Bertz CT molecular complexity index is 670. The molecule has 0 bridgehead atoms. The van der Waals surface area contributed by atoms with Gasteiger partial charge in [0.1, 0.15) is 5.75 Å². The minimum absolute atomic E-state index is 0.219. The molecule has 1 N–H and O–H groups in total. The Kier molecular flexibility index (Phi) is 2.60. The molecule has 3 aromatic rings. The number of phenolic OH excluding ortho intramolecular Hbond substituents is 1. The second-order valence-electron chi connectivity index (χ2n) is 3.94. The molecule has 5 heteroatoms. The second-order valence-corrected chi connectivity index (χ2v) is 4.68. The second kappa shape index (κ2) is 4.27. The summed E-state index contributed by atoms with van der Waals surface area (Å²) in [5.41, 5.74) is 2.91. The maximum Gasteiger partial charge on any atom is 0.259 e. The zero-order valence-electron chi connectivity index (χ0n) is 9.62. The molecule has 0 unspecified atom stereocenters. The summed E-state index contributed by atoms with van der Waals surface area (Å²) >= 11 is 1.61. The van der Waals surface area contributed by atoms with Gasteiger partial charge in [0.15, 0.2) is 0 Å². The van der Waals surface area contributed by atoms with E-state index in [1.54, 1.807) is 35.6 Å². The average molecular weight is 258 g/mol. The van der Waals surface area contributed by atoms with Crippen LogP contribution in [0.1, 0.15) is 5.56 Å². The highest BCUT2D eigenvalue weighted by molar-refractivity contribution is 7.08. The molecule has 0 amide bonds. The van der Waals surface area contributed by atoms with Crippen LogP contribution in [0.5, 0.6) is 5.75 Å². The van der Waals surface area contributed by atoms with Crippen molar-refractivity contribution in [1.82, 2.24) is 10.1 Å². The number of rotatable bonds is 2. The molecule has 3 rings (SSSR count). The number of hydrogen-bond acceptors (Lipinski definition) is 5. The zero-order valence-corrected chi connectivity index (χ0v) is 10.4. The van der Waals surface area contributed by atoms with E-state index < -0.39 is 0 Å². The van der Waals surface area contributed by atoms with Crippen LogP contribution in [0.4, 0.5) is 0 Å². The number of nitrogens with zero attached hydrogens (tertiary/aromatic N) is 2. The molecule has 2 heterocycles. The van der Waals surface area contributed by atoms with Gasteiger partial charge in [-0.15, -0.1) is 0 Å². The summed E-state index contributed by atoms with van der Waals surface area (Å²) in [6.07, 6.45) is 0. The van der Waals surface area contributed by atoms with E-state index in [2.05, 4.69) is 10.1 Å². The van der Waals surface area contributed by atoms with Crippen molar-refractivity contribution in [1.29, 1.82) is 0 Å². The van der Waals surface area contributed by atoms with Crippen LogP contribution in [-0.2, 0) is 0 Å². The van der Waals surface area contributed by atoms with Gasteiger partial charge in [-0.3, -0.25) is 0 Å². The predicted molar refractivity (Wildman–Crippen MR) is 69.4 cm³/mol. The lowest BCUT2D eigenvalue weighted by atomic mass is 10.2. The Morgan fingerprint density at radius 2 is 1.94 bits per heavy atom. The summed E-state index contributed by atoms with van der Waals surface area (Å²) in [5.74, 6) is 1.27. The Hall–Kier alpha value is -2.14. The third kappa shape index (κ3) is 1.89. The Labute approximate surface area is 108 Å². The monoisotopic (exact) mass is 258 g/mol. The van der Waals surface area contributed by atoms with E-state index in [0.29, 0.717) is 11.7 Å². The van der Waals surface area contributed by atoms with Crippen LogP contribution in [0, 0.1) is 6.92 Å². The van der Waals surface area contributed by atoms with Crippen LogP contribution in [0.15, 0.2) is 39.5 Å². The maximum absolute atomic E-state index is 9.23. The first kappa shape index (κ1) is 11.0. The third-order valence-electron chi connectivity index (χ3n) is 2.64. The minimum atomic E-state index is 0.219. The average Bonchev–Trinajstić information content (AvgIpc) is 2.98. The molecule has 0 aliphatic rings. The third-order valence-corrected chi connectivity index (χ3v) is 3.50. The van der Waals surface area contributed by atoms with Crippen LogP contribution >= 0.6 is 11.3 Å². The van der Waals surface area contributed by atoms with Gasteiger partial charge < -0.3 is 9.63 Å². The van der Waals surface area contributed by atoms with Crippen LogP contribution in [0.2, 0.25) is 0 Å². The lowest BCUT2D eigenvalue weighted by molar-refractivity contribution is 0.432. The predicted octanol–water partition coefficient (Wildman–Crippen LogP) is 3.48. The van der Waals surface area contributed by atoms with E-state index >= 15 is 0 Å². The molecule has 0 fully saturated rings. The highest BCUT2D eigenvalue weighted by Crippen LogP contribution is 2.27. The number of aromatic hydroxyl groups is 1. The molecule has 0 saturated heterocycles. The molecule has 90 valence electrons. The lowest BCUT2D eigenvalue weighted by Crippen LogP contribution is -1.80. The molecular formula is C13H10N2O2S. The van der Waals surface area contributed by atoms with E-state index in [4.69, 9.17) is 4.52 Å². The standard InChI is InChI=1S/C13H10N2O2S/c1-8-6-18-7-11(8)13-14-12(15-17-13)9-2-4-10(16)5-3-9/h2-7,16H,1H3. The van der Waals surface area contributed by atoms with Gasteiger partial charge in [-0.25, -0.2) is 0 Å². The molecule has 0 atom stereocenters. The quantitative estimate of drug-likeness (QED) is 0.764. The molecule has 0 aliphatic heterocycles. The molecule has 0 radical (unpaired) electrons. The van der Waals surface area contributed by atoms with Crippen LogP contribution in [-0.4, -0.2) is 15.2 Å². The summed E-state index contributed by atoms with van der Waals surface area (Å²) < 4.78 is 5.26.